The number of aromatic nitrogens is 2. The van der Waals surface area contributed by atoms with Crippen molar-refractivity contribution in [1.29, 1.82) is 0 Å². The third kappa shape index (κ3) is 3.00. The minimum absolute atomic E-state index is 0.116. The van der Waals surface area contributed by atoms with Gasteiger partial charge in [-0.05, 0) is 58.2 Å². The lowest BCUT2D eigenvalue weighted by Gasteiger charge is -2.43. The fourth-order valence-electron chi connectivity index (χ4n) is 3.11. The summed E-state index contributed by atoms with van der Waals surface area (Å²) < 4.78 is 1.97. The van der Waals surface area contributed by atoms with Gasteiger partial charge in [-0.1, -0.05) is 6.92 Å². The minimum atomic E-state index is 0.116. The Hall–Kier alpha value is -0.870. The molecular weight excluding hydrogens is 236 g/mol. The summed E-state index contributed by atoms with van der Waals surface area (Å²) in [4.78, 5) is 2.59. The highest BCUT2D eigenvalue weighted by molar-refractivity contribution is 5.10. The van der Waals surface area contributed by atoms with Gasteiger partial charge >= 0.3 is 0 Å². The molecule has 1 aliphatic heterocycles. The zero-order chi connectivity index (χ0) is 13.9. The van der Waals surface area contributed by atoms with Crippen molar-refractivity contribution in [2.45, 2.75) is 64.6 Å². The molecule has 0 aliphatic carbocycles. The molecule has 1 saturated heterocycles. The van der Waals surface area contributed by atoms with Crippen LogP contribution in [0.15, 0.2) is 12.4 Å². The maximum absolute atomic E-state index is 6.55. The van der Waals surface area contributed by atoms with Crippen molar-refractivity contribution in [2.24, 2.45) is 5.73 Å². The van der Waals surface area contributed by atoms with Crippen molar-refractivity contribution in [3.8, 4) is 0 Å². The summed E-state index contributed by atoms with van der Waals surface area (Å²) in [6.45, 7) is 10.0. The predicted molar refractivity (Wildman–Crippen MR) is 79.1 cm³/mol. The van der Waals surface area contributed by atoms with E-state index in [1.54, 1.807) is 0 Å². The number of aryl methyl sites for hydroxylation is 1. The van der Waals surface area contributed by atoms with E-state index < -0.39 is 0 Å². The Labute approximate surface area is 117 Å². The monoisotopic (exact) mass is 264 g/mol. The van der Waals surface area contributed by atoms with Crippen molar-refractivity contribution >= 4 is 0 Å². The fourth-order valence-corrected chi connectivity index (χ4v) is 3.11. The number of nitrogens with zero attached hydrogens (tertiary/aromatic N) is 3. The third-order valence-corrected chi connectivity index (χ3v) is 4.81. The molecule has 108 valence electrons. The van der Waals surface area contributed by atoms with Crippen LogP contribution in [0.4, 0.5) is 0 Å². The molecule has 2 rings (SSSR count). The van der Waals surface area contributed by atoms with E-state index in [-0.39, 0.29) is 11.6 Å². The molecule has 2 heterocycles. The summed E-state index contributed by atoms with van der Waals surface area (Å²) in [5, 5.41) is 4.34. The van der Waals surface area contributed by atoms with E-state index in [2.05, 4.69) is 37.0 Å². The van der Waals surface area contributed by atoms with Crippen molar-refractivity contribution in [3.63, 3.8) is 0 Å². The standard InChI is InChI=1S/C15H28N4/c1-4-15(3,18-8-6-7-9-18)14(16)10-13-11-17-19(5-2)12-13/h11-12,14H,4-10,16H2,1-3H3. The molecule has 4 nitrogen and oxygen atoms in total. The van der Waals surface area contributed by atoms with E-state index in [1.807, 2.05) is 10.9 Å². The first-order valence-corrected chi connectivity index (χ1v) is 7.62. The average Bonchev–Trinajstić information content (AvgIpc) is 3.08. The summed E-state index contributed by atoms with van der Waals surface area (Å²) in [7, 11) is 0. The minimum Gasteiger partial charge on any atom is -0.326 e. The van der Waals surface area contributed by atoms with Crippen LogP contribution in [0.5, 0.6) is 0 Å². The fraction of sp³-hybridized carbons (Fsp3) is 0.800. The van der Waals surface area contributed by atoms with Gasteiger partial charge in [0.2, 0.25) is 0 Å². The summed E-state index contributed by atoms with van der Waals surface area (Å²) >= 11 is 0. The SMILES string of the molecule is CCn1cc(CC(N)C(C)(CC)N2CCCC2)cn1. The van der Waals surface area contributed by atoms with E-state index in [1.165, 1.54) is 31.5 Å². The van der Waals surface area contributed by atoms with Crippen molar-refractivity contribution in [3.05, 3.63) is 18.0 Å². The lowest BCUT2D eigenvalue weighted by molar-refractivity contribution is 0.0999. The van der Waals surface area contributed by atoms with Crippen LogP contribution in [0.3, 0.4) is 0 Å². The zero-order valence-electron chi connectivity index (χ0n) is 12.6. The van der Waals surface area contributed by atoms with Crippen LogP contribution in [0.2, 0.25) is 0 Å². The first-order valence-electron chi connectivity index (χ1n) is 7.62. The Morgan fingerprint density at radius 2 is 2.05 bits per heavy atom. The number of rotatable bonds is 6. The zero-order valence-corrected chi connectivity index (χ0v) is 12.6. The van der Waals surface area contributed by atoms with Crippen molar-refractivity contribution in [1.82, 2.24) is 14.7 Å². The molecule has 2 atom stereocenters. The molecule has 0 saturated carbocycles. The van der Waals surface area contributed by atoms with Gasteiger partial charge in [0.25, 0.3) is 0 Å². The first kappa shape index (κ1) is 14.5. The van der Waals surface area contributed by atoms with Crippen molar-refractivity contribution in [2.75, 3.05) is 13.1 Å². The van der Waals surface area contributed by atoms with Crippen LogP contribution in [-0.2, 0) is 13.0 Å². The molecule has 0 radical (unpaired) electrons. The van der Waals surface area contributed by atoms with E-state index in [4.69, 9.17) is 5.73 Å². The van der Waals surface area contributed by atoms with Crippen LogP contribution in [-0.4, -0.2) is 39.4 Å². The molecule has 0 bridgehead atoms. The topological polar surface area (TPSA) is 47.1 Å². The molecule has 1 aromatic heterocycles. The Kier molecular flexibility index (Phi) is 4.63. The van der Waals surface area contributed by atoms with Gasteiger partial charge in [-0.2, -0.15) is 5.10 Å². The van der Waals surface area contributed by atoms with Crippen LogP contribution in [0, 0.1) is 0 Å². The molecule has 1 aromatic rings. The molecule has 19 heavy (non-hydrogen) atoms. The van der Waals surface area contributed by atoms with Gasteiger partial charge in [-0.15, -0.1) is 0 Å². The molecule has 1 aliphatic rings. The van der Waals surface area contributed by atoms with Crippen LogP contribution in [0.1, 0.15) is 45.6 Å². The van der Waals surface area contributed by atoms with Gasteiger partial charge in [0.15, 0.2) is 0 Å². The first-order chi connectivity index (χ1) is 9.10. The molecule has 2 unspecified atom stereocenters. The normalized spacial score (nSPS) is 21.5. The van der Waals surface area contributed by atoms with E-state index in [9.17, 15) is 0 Å². The molecule has 0 amide bonds. The molecule has 4 heteroatoms. The average molecular weight is 264 g/mol. The second-order valence-corrected chi connectivity index (χ2v) is 5.92. The maximum atomic E-state index is 6.55. The highest BCUT2D eigenvalue weighted by Crippen LogP contribution is 2.28. The molecule has 2 N–H and O–H groups in total. The van der Waals surface area contributed by atoms with Gasteiger partial charge in [-0.3, -0.25) is 9.58 Å². The quantitative estimate of drug-likeness (QED) is 0.855. The van der Waals surface area contributed by atoms with Crippen LogP contribution in [0.25, 0.3) is 0 Å². The number of likely N-dealkylation sites (tertiary alicyclic amines) is 1. The van der Waals surface area contributed by atoms with Gasteiger partial charge in [-0.25, -0.2) is 0 Å². The highest BCUT2D eigenvalue weighted by atomic mass is 15.3. The van der Waals surface area contributed by atoms with E-state index in [0.29, 0.717) is 0 Å². The second-order valence-electron chi connectivity index (χ2n) is 5.92. The molecular formula is C15H28N4. The van der Waals surface area contributed by atoms with Crippen molar-refractivity contribution < 1.29 is 0 Å². The summed E-state index contributed by atoms with van der Waals surface area (Å²) in [6, 6.07) is 0.171. The van der Waals surface area contributed by atoms with E-state index in [0.717, 1.165) is 19.4 Å². The van der Waals surface area contributed by atoms with Gasteiger partial charge in [0.1, 0.15) is 0 Å². The Bertz CT molecular complexity index is 395. The molecule has 0 spiro atoms. The smallest absolute Gasteiger partial charge is 0.0522 e. The predicted octanol–water partition coefficient (Wildman–Crippen LogP) is 2.04. The Balaban J connectivity index is 2.05. The second kappa shape index (κ2) is 6.06. The molecule has 1 fully saturated rings. The van der Waals surface area contributed by atoms with Crippen LogP contribution >= 0.6 is 0 Å². The lowest BCUT2D eigenvalue weighted by atomic mass is 9.85. The van der Waals surface area contributed by atoms with Gasteiger partial charge in [0, 0.05) is 24.3 Å². The largest absolute Gasteiger partial charge is 0.326 e. The summed E-state index contributed by atoms with van der Waals surface area (Å²) in [6.07, 6.45) is 8.74. The van der Waals surface area contributed by atoms with Crippen LogP contribution < -0.4 is 5.73 Å². The Morgan fingerprint density at radius 1 is 1.37 bits per heavy atom. The Morgan fingerprint density at radius 3 is 2.58 bits per heavy atom. The number of hydrogen-bond donors (Lipinski definition) is 1. The number of hydrogen-bond acceptors (Lipinski definition) is 3. The van der Waals surface area contributed by atoms with Gasteiger partial charge < -0.3 is 5.73 Å². The number of nitrogens with two attached hydrogens (primary N) is 1. The summed E-state index contributed by atoms with van der Waals surface area (Å²) in [5.41, 5.74) is 7.92. The lowest BCUT2D eigenvalue weighted by Crippen LogP contribution is -2.57. The van der Waals surface area contributed by atoms with E-state index >= 15 is 0 Å². The van der Waals surface area contributed by atoms with Gasteiger partial charge in [0.05, 0.1) is 6.20 Å². The highest BCUT2D eigenvalue weighted by Gasteiger charge is 2.37. The summed E-state index contributed by atoms with van der Waals surface area (Å²) in [5.74, 6) is 0. The maximum Gasteiger partial charge on any atom is 0.0522 e. The third-order valence-electron chi connectivity index (χ3n) is 4.81. The molecule has 0 aromatic carbocycles.